The van der Waals surface area contributed by atoms with Gasteiger partial charge in [-0.1, -0.05) is 42.0 Å². The van der Waals surface area contributed by atoms with E-state index in [9.17, 15) is 9.59 Å². The van der Waals surface area contributed by atoms with E-state index in [0.717, 1.165) is 16.8 Å². The zero-order valence-corrected chi connectivity index (χ0v) is 12.2. The number of hydrogen-bond donors (Lipinski definition) is 1. The smallest absolute Gasteiger partial charge is 0.250 e. The number of allylic oxidation sites excluding steroid dienone is 3. The van der Waals surface area contributed by atoms with E-state index < -0.39 is 0 Å². The van der Waals surface area contributed by atoms with Crippen LogP contribution in [0, 0.1) is 5.92 Å². The lowest BCUT2D eigenvalue weighted by Gasteiger charge is -2.25. The van der Waals surface area contributed by atoms with Gasteiger partial charge >= 0.3 is 0 Å². The molecule has 22 heavy (non-hydrogen) atoms. The Morgan fingerprint density at radius 2 is 2.00 bits per heavy atom. The molecule has 1 heterocycles. The zero-order chi connectivity index (χ0) is 15.5. The Morgan fingerprint density at radius 3 is 2.77 bits per heavy atom. The summed E-state index contributed by atoms with van der Waals surface area (Å²) in [5, 5.41) is 2.80. The highest BCUT2D eigenvalue weighted by molar-refractivity contribution is 6.11. The number of fused-ring (bicyclic) bond motifs is 1. The van der Waals surface area contributed by atoms with Crippen LogP contribution in [0.5, 0.6) is 0 Å². The van der Waals surface area contributed by atoms with Gasteiger partial charge in [-0.25, -0.2) is 4.99 Å². The van der Waals surface area contributed by atoms with Crippen molar-refractivity contribution in [3.05, 3.63) is 71.5 Å². The van der Waals surface area contributed by atoms with Crippen molar-refractivity contribution in [2.75, 3.05) is 0 Å². The maximum Gasteiger partial charge on any atom is 0.250 e. The fraction of sp³-hybridized carbons (Fsp3) is 0.167. The summed E-state index contributed by atoms with van der Waals surface area (Å²) in [6.07, 6.45) is 7.41. The molecule has 1 unspecified atom stereocenters. The third kappa shape index (κ3) is 3.11. The number of carbonyl (C=O) groups is 2. The Bertz CT molecular complexity index is 740. The summed E-state index contributed by atoms with van der Waals surface area (Å²) in [4.78, 5) is 27.7. The monoisotopic (exact) mass is 292 g/mol. The first-order chi connectivity index (χ1) is 10.6. The third-order valence-corrected chi connectivity index (χ3v) is 3.67. The van der Waals surface area contributed by atoms with Crippen molar-refractivity contribution in [2.45, 2.75) is 13.3 Å². The summed E-state index contributed by atoms with van der Waals surface area (Å²) < 4.78 is 0. The minimum Gasteiger partial charge on any atom is -0.325 e. The van der Waals surface area contributed by atoms with Crippen molar-refractivity contribution in [3.63, 3.8) is 0 Å². The van der Waals surface area contributed by atoms with E-state index >= 15 is 0 Å². The summed E-state index contributed by atoms with van der Waals surface area (Å²) in [5.41, 5.74) is 3.27. The van der Waals surface area contributed by atoms with Crippen molar-refractivity contribution in [3.8, 4) is 0 Å². The van der Waals surface area contributed by atoms with Crippen LogP contribution in [-0.4, -0.2) is 17.5 Å². The van der Waals surface area contributed by atoms with Crippen molar-refractivity contribution in [1.29, 1.82) is 0 Å². The summed E-state index contributed by atoms with van der Waals surface area (Å²) >= 11 is 0. The molecule has 1 atom stereocenters. The second kappa shape index (κ2) is 5.93. The molecule has 1 aromatic rings. The fourth-order valence-electron chi connectivity index (χ4n) is 2.61. The SMILES string of the molecule is CC1=CC(=O)NC2=CC(=NC(=O)Cc3ccccc3)C=CC12. The van der Waals surface area contributed by atoms with Crippen molar-refractivity contribution in [2.24, 2.45) is 10.9 Å². The number of nitrogens with zero attached hydrogens (tertiary/aromatic N) is 1. The van der Waals surface area contributed by atoms with Gasteiger partial charge in [0.15, 0.2) is 0 Å². The fourth-order valence-corrected chi connectivity index (χ4v) is 2.61. The standard InChI is InChI=1S/C18H16N2O2/c1-12-9-17(21)20-16-11-14(7-8-15(12)16)19-18(22)10-13-5-3-2-4-6-13/h2-9,11,15H,10H2,1H3,(H,20,21). The lowest BCUT2D eigenvalue weighted by Crippen LogP contribution is -2.32. The summed E-state index contributed by atoms with van der Waals surface area (Å²) in [7, 11) is 0. The molecule has 1 aliphatic heterocycles. The zero-order valence-electron chi connectivity index (χ0n) is 12.2. The third-order valence-electron chi connectivity index (χ3n) is 3.67. The predicted molar refractivity (Wildman–Crippen MR) is 85.2 cm³/mol. The van der Waals surface area contributed by atoms with Gasteiger partial charge in [-0.3, -0.25) is 9.59 Å². The molecular formula is C18H16N2O2. The van der Waals surface area contributed by atoms with Gasteiger partial charge < -0.3 is 5.32 Å². The van der Waals surface area contributed by atoms with E-state index in [-0.39, 0.29) is 24.2 Å². The van der Waals surface area contributed by atoms with Gasteiger partial charge in [0.2, 0.25) is 5.91 Å². The first kappa shape index (κ1) is 14.2. The molecule has 0 radical (unpaired) electrons. The molecule has 4 heteroatoms. The normalized spacial score (nSPS) is 21.8. The van der Waals surface area contributed by atoms with Crippen LogP contribution < -0.4 is 5.32 Å². The lowest BCUT2D eigenvalue weighted by atomic mass is 9.89. The average Bonchev–Trinajstić information content (AvgIpc) is 2.47. The van der Waals surface area contributed by atoms with Gasteiger partial charge in [-0.15, -0.1) is 0 Å². The van der Waals surface area contributed by atoms with E-state index in [1.165, 1.54) is 0 Å². The van der Waals surface area contributed by atoms with E-state index in [2.05, 4.69) is 10.3 Å². The molecular weight excluding hydrogens is 276 g/mol. The van der Waals surface area contributed by atoms with Gasteiger partial charge in [0.1, 0.15) is 0 Å². The Hall–Kier alpha value is -2.75. The molecule has 2 aliphatic rings. The summed E-state index contributed by atoms with van der Waals surface area (Å²) in [6, 6.07) is 9.51. The van der Waals surface area contributed by atoms with Crippen LogP contribution in [0.3, 0.4) is 0 Å². The molecule has 0 saturated heterocycles. The Labute approximate surface area is 128 Å². The van der Waals surface area contributed by atoms with Crippen LogP contribution in [0.4, 0.5) is 0 Å². The predicted octanol–water partition coefficient (Wildman–Crippen LogP) is 2.34. The Morgan fingerprint density at radius 1 is 1.23 bits per heavy atom. The van der Waals surface area contributed by atoms with Crippen molar-refractivity contribution in [1.82, 2.24) is 5.32 Å². The highest BCUT2D eigenvalue weighted by Crippen LogP contribution is 2.26. The first-order valence-corrected chi connectivity index (χ1v) is 7.16. The van der Waals surface area contributed by atoms with E-state index in [1.54, 1.807) is 12.2 Å². The summed E-state index contributed by atoms with van der Waals surface area (Å²) in [5.74, 6) is -0.262. The van der Waals surface area contributed by atoms with Gasteiger partial charge in [0.05, 0.1) is 12.1 Å². The van der Waals surface area contributed by atoms with Gasteiger partial charge in [0, 0.05) is 17.7 Å². The van der Waals surface area contributed by atoms with Gasteiger partial charge in [-0.05, 0) is 24.6 Å². The number of benzene rings is 1. The minimum atomic E-state index is -0.199. The van der Waals surface area contributed by atoms with Crippen molar-refractivity contribution >= 4 is 17.5 Å². The van der Waals surface area contributed by atoms with E-state index in [1.807, 2.05) is 49.4 Å². The van der Waals surface area contributed by atoms with E-state index in [4.69, 9.17) is 0 Å². The second-order valence-corrected chi connectivity index (χ2v) is 5.41. The highest BCUT2D eigenvalue weighted by atomic mass is 16.2. The van der Waals surface area contributed by atoms with Gasteiger partial charge in [0.25, 0.3) is 5.91 Å². The molecule has 0 bridgehead atoms. The number of carbonyl (C=O) groups excluding carboxylic acids is 2. The summed E-state index contributed by atoms with van der Waals surface area (Å²) in [6.45, 7) is 1.92. The van der Waals surface area contributed by atoms with Crippen LogP contribution in [0.15, 0.2) is 70.9 Å². The largest absolute Gasteiger partial charge is 0.325 e. The van der Waals surface area contributed by atoms with Crippen LogP contribution in [-0.2, 0) is 16.0 Å². The van der Waals surface area contributed by atoms with Crippen LogP contribution in [0.2, 0.25) is 0 Å². The van der Waals surface area contributed by atoms with Crippen LogP contribution >= 0.6 is 0 Å². The Balaban J connectivity index is 1.76. The molecule has 0 saturated carbocycles. The Kier molecular flexibility index (Phi) is 3.83. The molecule has 0 aromatic heterocycles. The number of rotatable bonds is 2. The molecule has 0 spiro atoms. The molecule has 0 fully saturated rings. The number of hydrogen-bond acceptors (Lipinski definition) is 2. The van der Waals surface area contributed by atoms with E-state index in [0.29, 0.717) is 5.71 Å². The maximum atomic E-state index is 12.0. The molecule has 3 rings (SSSR count). The first-order valence-electron chi connectivity index (χ1n) is 7.16. The molecule has 110 valence electrons. The van der Waals surface area contributed by atoms with Gasteiger partial charge in [-0.2, -0.15) is 0 Å². The molecule has 1 aliphatic carbocycles. The minimum absolute atomic E-state index is 0.0703. The molecule has 4 nitrogen and oxygen atoms in total. The van der Waals surface area contributed by atoms with Crippen LogP contribution in [0.1, 0.15) is 12.5 Å². The second-order valence-electron chi connectivity index (χ2n) is 5.41. The van der Waals surface area contributed by atoms with Crippen molar-refractivity contribution < 1.29 is 9.59 Å². The maximum absolute atomic E-state index is 12.0. The number of aliphatic imine (C=N–C) groups is 1. The number of amides is 2. The number of nitrogens with one attached hydrogen (secondary N) is 1. The topological polar surface area (TPSA) is 58.5 Å². The molecule has 1 N–H and O–H groups in total. The molecule has 1 aromatic carbocycles. The quantitative estimate of drug-likeness (QED) is 0.909. The average molecular weight is 292 g/mol. The lowest BCUT2D eigenvalue weighted by molar-refractivity contribution is -0.117. The van der Waals surface area contributed by atoms with Crippen LogP contribution in [0.25, 0.3) is 0 Å². The molecule has 2 amide bonds. The highest BCUT2D eigenvalue weighted by Gasteiger charge is 2.23.